The highest BCUT2D eigenvalue weighted by atomic mass is 19.1. The Bertz CT molecular complexity index is 591. The monoisotopic (exact) mass is 246 g/mol. The second kappa shape index (κ2) is 5.23. The lowest BCUT2D eigenvalue weighted by atomic mass is 10.1. The molecule has 1 aromatic carbocycles. The quantitative estimate of drug-likeness (QED) is 0.782. The van der Waals surface area contributed by atoms with Gasteiger partial charge in [0.2, 0.25) is 5.95 Å². The SMILES string of the molecule is N#Cc1ccc(F)cc1COc1ccc(F)nc1. The number of hydrogen-bond donors (Lipinski definition) is 0. The highest BCUT2D eigenvalue weighted by Gasteiger charge is 2.05. The van der Waals surface area contributed by atoms with Crippen molar-refractivity contribution in [1.29, 1.82) is 5.26 Å². The second-order valence-corrected chi connectivity index (χ2v) is 3.52. The summed E-state index contributed by atoms with van der Waals surface area (Å²) in [4.78, 5) is 3.42. The molecule has 0 N–H and O–H groups in total. The third kappa shape index (κ3) is 2.80. The van der Waals surface area contributed by atoms with Crippen LogP contribution < -0.4 is 4.74 Å². The highest BCUT2D eigenvalue weighted by molar-refractivity contribution is 5.37. The number of aromatic nitrogens is 1. The van der Waals surface area contributed by atoms with Crippen molar-refractivity contribution in [2.75, 3.05) is 0 Å². The van der Waals surface area contributed by atoms with Gasteiger partial charge in [-0.1, -0.05) is 0 Å². The predicted octanol–water partition coefficient (Wildman–Crippen LogP) is 2.81. The van der Waals surface area contributed by atoms with Crippen LogP contribution in [0.1, 0.15) is 11.1 Å². The first-order chi connectivity index (χ1) is 8.69. The summed E-state index contributed by atoms with van der Waals surface area (Å²) in [5, 5.41) is 8.85. The van der Waals surface area contributed by atoms with Crippen LogP contribution in [0.4, 0.5) is 8.78 Å². The van der Waals surface area contributed by atoms with Crippen LogP contribution in [0.5, 0.6) is 5.75 Å². The maximum atomic E-state index is 13.0. The summed E-state index contributed by atoms with van der Waals surface area (Å²) < 4.78 is 30.9. The lowest BCUT2D eigenvalue weighted by Gasteiger charge is -2.07. The van der Waals surface area contributed by atoms with Crippen molar-refractivity contribution < 1.29 is 13.5 Å². The molecule has 18 heavy (non-hydrogen) atoms. The van der Waals surface area contributed by atoms with Crippen LogP contribution in [0.2, 0.25) is 0 Å². The van der Waals surface area contributed by atoms with Gasteiger partial charge in [-0.3, -0.25) is 0 Å². The Labute approximate surface area is 102 Å². The summed E-state index contributed by atoms with van der Waals surface area (Å²) in [5.41, 5.74) is 0.772. The Kier molecular flexibility index (Phi) is 3.49. The van der Waals surface area contributed by atoms with E-state index in [0.717, 1.165) is 6.07 Å². The van der Waals surface area contributed by atoms with Crippen molar-refractivity contribution in [3.05, 3.63) is 59.4 Å². The van der Waals surface area contributed by atoms with E-state index in [1.54, 1.807) is 0 Å². The van der Waals surface area contributed by atoms with E-state index in [0.29, 0.717) is 16.9 Å². The molecule has 0 unspecified atom stereocenters. The van der Waals surface area contributed by atoms with Crippen molar-refractivity contribution in [2.45, 2.75) is 6.61 Å². The molecule has 0 aliphatic rings. The van der Waals surface area contributed by atoms with Crippen LogP contribution in [0.3, 0.4) is 0 Å². The molecule has 3 nitrogen and oxygen atoms in total. The number of ether oxygens (including phenoxy) is 1. The summed E-state index contributed by atoms with van der Waals surface area (Å²) in [6.07, 6.45) is 1.22. The normalized spacial score (nSPS) is 9.83. The van der Waals surface area contributed by atoms with Crippen LogP contribution >= 0.6 is 0 Å². The van der Waals surface area contributed by atoms with Gasteiger partial charge in [0, 0.05) is 5.56 Å². The fourth-order valence-corrected chi connectivity index (χ4v) is 1.40. The lowest BCUT2D eigenvalue weighted by molar-refractivity contribution is 0.303. The van der Waals surface area contributed by atoms with Gasteiger partial charge < -0.3 is 4.74 Å². The molecule has 1 aromatic heterocycles. The van der Waals surface area contributed by atoms with Crippen LogP contribution in [0.25, 0.3) is 0 Å². The van der Waals surface area contributed by atoms with Gasteiger partial charge in [0.05, 0.1) is 17.8 Å². The minimum absolute atomic E-state index is 0.0218. The largest absolute Gasteiger partial charge is 0.487 e. The zero-order chi connectivity index (χ0) is 13.0. The van der Waals surface area contributed by atoms with Crippen molar-refractivity contribution in [1.82, 2.24) is 4.98 Å². The Morgan fingerprint density at radius 1 is 1.22 bits per heavy atom. The molecule has 0 bridgehead atoms. The molecule has 0 aliphatic carbocycles. The summed E-state index contributed by atoms with van der Waals surface area (Å²) in [6, 6.07) is 8.34. The molecule has 0 spiro atoms. The number of benzene rings is 1. The van der Waals surface area contributed by atoms with Gasteiger partial charge in [0.25, 0.3) is 0 Å². The van der Waals surface area contributed by atoms with Crippen molar-refractivity contribution in [3.8, 4) is 11.8 Å². The van der Waals surface area contributed by atoms with E-state index < -0.39 is 11.8 Å². The molecule has 1 heterocycles. The van der Waals surface area contributed by atoms with Gasteiger partial charge in [-0.2, -0.15) is 9.65 Å². The summed E-state index contributed by atoms with van der Waals surface area (Å²) >= 11 is 0. The van der Waals surface area contributed by atoms with Gasteiger partial charge in [0.1, 0.15) is 18.2 Å². The van der Waals surface area contributed by atoms with Crippen LogP contribution in [0, 0.1) is 23.1 Å². The molecule has 0 saturated heterocycles. The Hall–Kier alpha value is -2.48. The number of rotatable bonds is 3. The number of nitrogens with zero attached hydrogens (tertiary/aromatic N) is 2. The molecule has 90 valence electrons. The van der Waals surface area contributed by atoms with E-state index in [4.69, 9.17) is 10.00 Å². The molecular formula is C13H8F2N2O. The predicted molar refractivity (Wildman–Crippen MR) is 59.6 cm³/mol. The molecule has 5 heteroatoms. The molecule has 2 aromatic rings. The standard InChI is InChI=1S/C13H8F2N2O/c14-11-2-1-9(6-16)10(5-11)8-18-12-3-4-13(15)17-7-12/h1-5,7H,8H2. The molecule has 0 atom stereocenters. The first kappa shape index (κ1) is 12.0. The van der Waals surface area contributed by atoms with E-state index in [1.807, 2.05) is 6.07 Å². The molecular weight excluding hydrogens is 238 g/mol. The van der Waals surface area contributed by atoms with Gasteiger partial charge in [-0.05, 0) is 30.3 Å². The highest BCUT2D eigenvalue weighted by Crippen LogP contribution is 2.15. The lowest BCUT2D eigenvalue weighted by Crippen LogP contribution is -1.99. The Morgan fingerprint density at radius 2 is 2.06 bits per heavy atom. The molecule has 0 aliphatic heterocycles. The summed E-state index contributed by atoms with van der Waals surface area (Å²) in [5.74, 6) is -0.694. The number of pyridine rings is 1. The van der Waals surface area contributed by atoms with Gasteiger partial charge in [-0.15, -0.1) is 0 Å². The molecule has 0 radical (unpaired) electrons. The van der Waals surface area contributed by atoms with E-state index in [1.165, 1.54) is 30.5 Å². The van der Waals surface area contributed by atoms with Crippen molar-refractivity contribution in [3.63, 3.8) is 0 Å². The zero-order valence-corrected chi connectivity index (χ0v) is 9.23. The average Bonchev–Trinajstić information content (AvgIpc) is 2.38. The topological polar surface area (TPSA) is 45.9 Å². The number of hydrogen-bond acceptors (Lipinski definition) is 3. The smallest absolute Gasteiger partial charge is 0.213 e. The van der Waals surface area contributed by atoms with E-state index in [-0.39, 0.29) is 6.61 Å². The average molecular weight is 246 g/mol. The maximum absolute atomic E-state index is 13.0. The number of halogens is 2. The molecule has 2 rings (SSSR count). The molecule has 0 fully saturated rings. The summed E-state index contributed by atoms with van der Waals surface area (Å²) in [6.45, 7) is 0.0218. The summed E-state index contributed by atoms with van der Waals surface area (Å²) in [7, 11) is 0. The van der Waals surface area contributed by atoms with Crippen LogP contribution in [0.15, 0.2) is 36.5 Å². The van der Waals surface area contributed by atoms with E-state index in [2.05, 4.69) is 4.98 Å². The first-order valence-corrected chi connectivity index (χ1v) is 5.12. The molecule has 0 amide bonds. The first-order valence-electron chi connectivity index (χ1n) is 5.12. The minimum atomic E-state index is -0.606. The van der Waals surface area contributed by atoms with Gasteiger partial charge >= 0.3 is 0 Å². The van der Waals surface area contributed by atoms with Crippen molar-refractivity contribution >= 4 is 0 Å². The zero-order valence-electron chi connectivity index (χ0n) is 9.23. The molecule has 0 saturated carbocycles. The van der Waals surface area contributed by atoms with Gasteiger partial charge in [-0.25, -0.2) is 9.37 Å². The third-order valence-electron chi connectivity index (χ3n) is 2.28. The number of nitriles is 1. The third-order valence-corrected chi connectivity index (χ3v) is 2.28. The minimum Gasteiger partial charge on any atom is -0.487 e. The fourth-order valence-electron chi connectivity index (χ4n) is 1.40. The van der Waals surface area contributed by atoms with Crippen molar-refractivity contribution in [2.24, 2.45) is 0 Å². The fraction of sp³-hybridized carbons (Fsp3) is 0.0769. The van der Waals surface area contributed by atoms with E-state index >= 15 is 0 Å². The van der Waals surface area contributed by atoms with Crippen LogP contribution in [-0.2, 0) is 6.61 Å². The van der Waals surface area contributed by atoms with E-state index in [9.17, 15) is 8.78 Å². The van der Waals surface area contributed by atoms with Crippen LogP contribution in [-0.4, -0.2) is 4.98 Å². The van der Waals surface area contributed by atoms with Gasteiger partial charge in [0.15, 0.2) is 0 Å². The second-order valence-electron chi connectivity index (χ2n) is 3.52. The maximum Gasteiger partial charge on any atom is 0.213 e. The Balaban J connectivity index is 2.13. The Morgan fingerprint density at radius 3 is 2.72 bits per heavy atom.